The van der Waals surface area contributed by atoms with Crippen molar-refractivity contribution in [2.24, 2.45) is 23.7 Å². The van der Waals surface area contributed by atoms with Crippen LogP contribution in [-0.2, 0) is 0 Å². The lowest BCUT2D eigenvalue weighted by molar-refractivity contribution is -0.0192. The van der Waals surface area contributed by atoms with Crippen molar-refractivity contribution in [2.75, 3.05) is 0 Å². The molecule has 0 bridgehead atoms. The summed E-state index contributed by atoms with van der Waals surface area (Å²) >= 11 is 0. The Kier molecular flexibility index (Phi) is 2.96. The summed E-state index contributed by atoms with van der Waals surface area (Å²) in [5.41, 5.74) is 0. The Morgan fingerprint density at radius 1 is 1.00 bits per heavy atom. The quantitative estimate of drug-likeness (QED) is 0.610. The molecule has 3 aliphatic rings. The van der Waals surface area contributed by atoms with E-state index in [0.717, 1.165) is 35.8 Å². The summed E-state index contributed by atoms with van der Waals surface area (Å²) in [6.07, 6.45) is 12.0. The summed E-state index contributed by atoms with van der Waals surface area (Å²) in [4.78, 5) is 2.76. The van der Waals surface area contributed by atoms with Gasteiger partial charge in [0.2, 0.25) is 0 Å². The molecule has 0 spiro atoms. The molecule has 0 aromatic carbocycles. The van der Waals surface area contributed by atoms with Crippen LogP contribution in [0.2, 0.25) is 0 Å². The first kappa shape index (κ1) is 11.6. The average Bonchev–Trinajstić information content (AvgIpc) is 2.28. The second kappa shape index (κ2) is 4.33. The van der Waals surface area contributed by atoms with Crippen LogP contribution in [0.1, 0.15) is 52.9 Å². The largest absolute Gasteiger partial charge is 0.371 e. The van der Waals surface area contributed by atoms with Crippen LogP contribution >= 0.6 is 0 Å². The van der Waals surface area contributed by atoms with Crippen LogP contribution < -0.4 is 0 Å². The summed E-state index contributed by atoms with van der Waals surface area (Å²) < 4.78 is 0. The molecule has 3 rings (SSSR count). The number of allylic oxidation sites excluding steroid dienone is 1. The fourth-order valence-electron chi connectivity index (χ4n) is 4.86. The lowest BCUT2D eigenvalue weighted by atomic mass is 9.67. The van der Waals surface area contributed by atoms with Crippen molar-refractivity contribution in [1.29, 1.82) is 0 Å². The van der Waals surface area contributed by atoms with E-state index in [1.165, 1.54) is 32.1 Å². The van der Waals surface area contributed by atoms with E-state index in [4.69, 9.17) is 0 Å². The maximum atomic E-state index is 2.76. The number of rotatable bonds is 0. The van der Waals surface area contributed by atoms with E-state index in [1.807, 2.05) is 0 Å². The molecule has 17 heavy (non-hydrogen) atoms. The van der Waals surface area contributed by atoms with Crippen molar-refractivity contribution in [3.63, 3.8) is 0 Å². The second-order valence-corrected chi connectivity index (χ2v) is 6.99. The van der Waals surface area contributed by atoms with Crippen LogP contribution in [0.3, 0.4) is 0 Å². The molecule has 0 radical (unpaired) electrons. The highest BCUT2D eigenvalue weighted by atomic mass is 15.2. The minimum absolute atomic E-state index is 0.828. The van der Waals surface area contributed by atoms with E-state index in [9.17, 15) is 0 Å². The molecule has 2 fully saturated rings. The van der Waals surface area contributed by atoms with Gasteiger partial charge in [-0.3, -0.25) is 0 Å². The molecular formula is C16H27N. The molecular weight excluding hydrogens is 206 g/mol. The first-order valence-electron chi connectivity index (χ1n) is 7.61. The standard InChI is InChI=1S/C16H27N/c1-11-6-7-15-14(9-11)10-13(3)16-12(2)5-4-8-17(15)16/h4,8,11-16H,5-7,9-10H2,1-3H3. The molecule has 1 heteroatoms. The SMILES string of the molecule is CC1CCC2C(C1)CC(C)C1C(C)CC=CN21. The van der Waals surface area contributed by atoms with Gasteiger partial charge in [-0.05, 0) is 62.0 Å². The second-order valence-electron chi connectivity index (χ2n) is 6.99. The molecule has 1 aliphatic carbocycles. The molecule has 0 N–H and O–H groups in total. The average molecular weight is 233 g/mol. The third-order valence-electron chi connectivity index (χ3n) is 5.56. The van der Waals surface area contributed by atoms with Gasteiger partial charge in [-0.2, -0.15) is 0 Å². The van der Waals surface area contributed by atoms with E-state index in [1.54, 1.807) is 0 Å². The van der Waals surface area contributed by atoms with Gasteiger partial charge >= 0.3 is 0 Å². The van der Waals surface area contributed by atoms with Crippen LogP contribution in [0.5, 0.6) is 0 Å². The fraction of sp³-hybridized carbons (Fsp3) is 0.875. The number of piperidine rings is 1. The number of fused-ring (bicyclic) bond motifs is 3. The highest BCUT2D eigenvalue weighted by Gasteiger charge is 2.44. The van der Waals surface area contributed by atoms with Gasteiger partial charge in [-0.1, -0.05) is 26.8 Å². The van der Waals surface area contributed by atoms with Gasteiger partial charge in [0.25, 0.3) is 0 Å². The minimum Gasteiger partial charge on any atom is -0.371 e. The molecule has 6 atom stereocenters. The van der Waals surface area contributed by atoms with Crippen molar-refractivity contribution >= 4 is 0 Å². The van der Waals surface area contributed by atoms with Crippen LogP contribution in [0.15, 0.2) is 12.3 Å². The van der Waals surface area contributed by atoms with E-state index in [2.05, 4.69) is 37.9 Å². The van der Waals surface area contributed by atoms with Gasteiger partial charge in [-0.25, -0.2) is 0 Å². The summed E-state index contributed by atoms with van der Waals surface area (Å²) in [5.74, 6) is 3.68. The zero-order valence-electron chi connectivity index (χ0n) is 11.6. The predicted molar refractivity (Wildman–Crippen MR) is 72.6 cm³/mol. The number of hydrogen-bond acceptors (Lipinski definition) is 1. The topological polar surface area (TPSA) is 3.24 Å². The third kappa shape index (κ3) is 1.92. The molecule has 6 unspecified atom stereocenters. The van der Waals surface area contributed by atoms with Gasteiger partial charge in [0.15, 0.2) is 0 Å². The third-order valence-corrected chi connectivity index (χ3v) is 5.56. The van der Waals surface area contributed by atoms with Crippen molar-refractivity contribution in [3.8, 4) is 0 Å². The summed E-state index contributed by atoms with van der Waals surface area (Å²) in [5, 5.41) is 0. The Bertz CT molecular complexity index is 309. The van der Waals surface area contributed by atoms with E-state index >= 15 is 0 Å². The molecule has 0 aromatic heterocycles. The van der Waals surface area contributed by atoms with Gasteiger partial charge in [-0.15, -0.1) is 0 Å². The zero-order valence-corrected chi connectivity index (χ0v) is 11.6. The Balaban J connectivity index is 1.85. The first-order valence-corrected chi connectivity index (χ1v) is 7.61. The molecule has 0 aromatic rings. The van der Waals surface area contributed by atoms with E-state index in [0.29, 0.717) is 0 Å². The number of nitrogens with zero attached hydrogens (tertiary/aromatic N) is 1. The molecule has 2 aliphatic heterocycles. The van der Waals surface area contributed by atoms with Gasteiger partial charge in [0, 0.05) is 12.1 Å². The number of hydrogen-bond donors (Lipinski definition) is 0. The van der Waals surface area contributed by atoms with Gasteiger partial charge in [0.1, 0.15) is 0 Å². The molecule has 96 valence electrons. The molecule has 0 amide bonds. The summed E-state index contributed by atoms with van der Waals surface area (Å²) in [6, 6.07) is 1.70. The van der Waals surface area contributed by atoms with Gasteiger partial charge in [0.05, 0.1) is 0 Å². The van der Waals surface area contributed by atoms with Crippen LogP contribution in [-0.4, -0.2) is 17.0 Å². The Labute approximate surface area is 106 Å². The van der Waals surface area contributed by atoms with E-state index in [-0.39, 0.29) is 0 Å². The minimum atomic E-state index is 0.828. The summed E-state index contributed by atoms with van der Waals surface area (Å²) in [7, 11) is 0. The highest BCUT2D eigenvalue weighted by Crippen LogP contribution is 2.45. The Morgan fingerprint density at radius 2 is 1.82 bits per heavy atom. The normalized spacial score (nSPS) is 49.7. The molecule has 1 saturated heterocycles. The monoisotopic (exact) mass is 233 g/mol. The maximum Gasteiger partial charge on any atom is 0.0341 e. The fourth-order valence-corrected chi connectivity index (χ4v) is 4.86. The molecule has 2 heterocycles. The van der Waals surface area contributed by atoms with Crippen LogP contribution in [0.25, 0.3) is 0 Å². The van der Waals surface area contributed by atoms with Crippen molar-refractivity contribution in [2.45, 2.75) is 65.0 Å². The van der Waals surface area contributed by atoms with Crippen molar-refractivity contribution in [3.05, 3.63) is 12.3 Å². The van der Waals surface area contributed by atoms with Crippen LogP contribution in [0, 0.1) is 23.7 Å². The molecule has 1 nitrogen and oxygen atoms in total. The van der Waals surface area contributed by atoms with Crippen molar-refractivity contribution in [1.82, 2.24) is 4.90 Å². The van der Waals surface area contributed by atoms with Gasteiger partial charge < -0.3 is 4.90 Å². The lowest BCUT2D eigenvalue weighted by Gasteiger charge is -2.55. The zero-order chi connectivity index (χ0) is 12.0. The maximum absolute atomic E-state index is 2.76. The Hall–Kier alpha value is -0.460. The first-order chi connectivity index (χ1) is 8.16. The smallest absolute Gasteiger partial charge is 0.0341 e. The van der Waals surface area contributed by atoms with Crippen LogP contribution in [0.4, 0.5) is 0 Å². The predicted octanol–water partition coefficient (Wildman–Crippen LogP) is 4.06. The lowest BCUT2D eigenvalue weighted by Crippen LogP contribution is -2.56. The highest BCUT2D eigenvalue weighted by molar-refractivity contribution is 5.06. The summed E-state index contributed by atoms with van der Waals surface area (Å²) in [6.45, 7) is 7.38. The van der Waals surface area contributed by atoms with E-state index < -0.39 is 0 Å². The van der Waals surface area contributed by atoms with Crippen molar-refractivity contribution < 1.29 is 0 Å². The Morgan fingerprint density at radius 3 is 2.65 bits per heavy atom. The molecule has 1 saturated carbocycles.